The molecule has 0 aliphatic heterocycles. The van der Waals surface area contributed by atoms with E-state index in [-0.39, 0.29) is 5.95 Å². The number of hydrogen-bond acceptors (Lipinski definition) is 1. The molecule has 0 amide bonds. The summed E-state index contributed by atoms with van der Waals surface area (Å²) < 4.78 is 12.9. The maximum atomic E-state index is 12.9. The monoisotopic (exact) mass is 303 g/mol. The first-order chi connectivity index (χ1) is 10.8. The summed E-state index contributed by atoms with van der Waals surface area (Å²) in [4.78, 5) is 3.82. The summed E-state index contributed by atoms with van der Waals surface area (Å²) in [6, 6.07) is 3.44. The van der Waals surface area contributed by atoms with Crippen LogP contribution in [0.5, 0.6) is 0 Å². The van der Waals surface area contributed by atoms with E-state index in [4.69, 9.17) is 0 Å². The van der Waals surface area contributed by atoms with Crippen molar-refractivity contribution >= 4 is 0 Å². The molecule has 2 heteroatoms. The molecule has 0 radical (unpaired) electrons. The summed E-state index contributed by atoms with van der Waals surface area (Å²) in [5.74, 6) is 3.21. The van der Waals surface area contributed by atoms with E-state index < -0.39 is 0 Å². The molecule has 22 heavy (non-hydrogen) atoms. The molecule has 2 saturated carbocycles. The van der Waals surface area contributed by atoms with Crippen molar-refractivity contribution in [3.05, 3.63) is 29.8 Å². The molecule has 0 unspecified atom stereocenters. The van der Waals surface area contributed by atoms with Gasteiger partial charge in [0.15, 0.2) is 0 Å². The fourth-order valence-electron chi connectivity index (χ4n) is 4.91. The third kappa shape index (κ3) is 3.88. The number of nitrogens with zero attached hydrogens (tertiary/aromatic N) is 1. The Morgan fingerprint density at radius 1 is 0.955 bits per heavy atom. The van der Waals surface area contributed by atoms with Crippen molar-refractivity contribution in [2.24, 2.45) is 17.8 Å². The quantitative estimate of drug-likeness (QED) is 0.612. The second-order valence-corrected chi connectivity index (χ2v) is 7.60. The minimum Gasteiger partial charge on any atom is -0.228 e. The summed E-state index contributed by atoms with van der Waals surface area (Å²) in [5, 5.41) is 0. The van der Waals surface area contributed by atoms with E-state index in [2.05, 4.69) is 11.9 Å². The van der Waals surface area contributed by atoms with Gasteiger partial charge in [-0.2, -0.15) is 4.39 Å². The minimum absolute atomic E-state index is 0.360. The largest absolute Gasteiger partial charge is 0.228 e. The molecule has 1 nitrogen and oxygen atoms in total. The Morgan fingerprint density at radius 2 is 1.59 bits per heavy atom. The van der Waals surface area contributed by atoms with E-state index in [1.165, 1.54) is 75.8 Å². The van der Waals surface area contributed by atoms with Gasteiger partial charge in [-0.25, -0.2) is 4.98 Å². The SMILES string of the molecule is CCC[C@H]1CC[C@H]([C@H]2CC[C@H](c3ccc(F)nc3)CC2)CC1. The van der Waals surface area contributed by atoms with Gasteiger partial charge in [-0.05, 0) is 73.8 Å². The van der Waals surface area contributed by atoms with Crippen LogP contribution in [-0.2, 0) is 0 Å². The Hall–Kier alpha value is -0.920. The number of hydrogen-bond donors (Lipinski definition) is 0. The van der Waals surface area contributed by atoms with Gasteiger partial charge in [0.2, 0.25) is 5.95 Å². The molecule has 2 aliphatic carbocycles. The molecule has 122 valence electrons. The number of rotatable bonds is 4. The predicted octanol–water partition coefficient (Wildman–Crippen LogP) is 6.10. The Morgan fingerprint density at radius 3 is 2.14 bits per heavy atom. The lowest BCUT2D eigenvalue weighted by Crippen LogP contribution is -2.25. The van der Waals surface area contributed by atoms with Crippen LogP contribution >= 0.6 is 0 Å². The fourth-order valence-corrected chi connectivity index (χ4v) is 4.91. The molecule has 2 fully saturated rings. The second kappa shape index (κ2) is 7.57. The molecule has 3 rings (SSSR count). The molecule has 0 bridgehead atoms. The normalized spacial score (nSPS) is 32.8. The van der Waals surface area contributed by atoms with Gasteiger partial charge < -0.3 is 0 Å². The van der Waals surface area contributed by atoms with E-state index in [9.17, 15) is 4.39 Å². The molecule has 0 aromatic carbocycles. The third-order valence-corrected chi connectivity index (χ3v) is 6.25. The minimum atomic E-state index is -0.360. The van der Waals surface area contributed by atoms with Crippen molar-refractivity contribution in [3.63, 3.8) is 0 Å². The first-order valence-electron chi connectivity index (χ1n) is 9.37. The molecule has 1 aromatic rings. The second-order valence-electron chi connectivity index (χ2n) is 7.60. The van der Waals surface area contributed by atoms with Gasteiger partial charge in [-0.3, -0.25) is 0 Å². The van der Waals surface area contributed by atoms with Crippen LogP contribution in [0.1, 0.15) is 82.6 Å². The van der Waals surface area contributed by atoms with Gasteiger partial charge in [0.05, 0.1) is 0 Å². The van der Waals surface area contributed by atoms with Gasteiger partial charge in [-0.15, -0.1) is 0 Å². The number of aromatic nitrogens is 1. The molecular weight excluding hydrogens is 273 g/mol. The van der Waals surface area contributed by atoms with Crippen molar-refractivity contribution in [2.45, 2.75) is 77.0 Å². The topological polar surface area (TPSA) is 12.9 Å². The van der Waals surface area contributed by atoms with Crippen LogP contribution in [-0.4, -0.2) is 4.98 Å². The van der Waals surface area contributed by atoms with Crippen LogP contribution in [0, 0.1) is 23.7 Å². The highest BCUT2D eigenvalue weighted by molar-refractivity contribution is 5.15. The van der Waals surface area contributed by atoms with Crippen LogP contribution in [0.15, 0.2) is 18.3 Å². The summed E-state index contributed by atoms with van der Waals surface area (Å²) in [7, 11) is 0. The zero-order valence-corrected chi connectivity index (χ0v) is 13.9. The van der Waals surface area contributed by atoms with E-state index >= 15 is 0 Å². The lowest BCUT2D eigenvalue weighted by Gasteiger charge is -2.38. The summed E-state index contributed by atoms with van der Waals surface area (Å²) in [5.41, 5.74) is 1.24. The molecule has 1 aromatic heterocycles. The van der Waals surface area contributed by atoms with Crippen molar-refractivity contribution in [1.82, 2.24) is 4.98 Å². The summed E-state index contributed by atoms with van der Waals surface area (Å²) in [6.45, 7) is 2.32. The number of pyridine rings is 1. The Kier molecular flexibility index (Phi) is 5.49. The predicted molar refractivity (Wildman–Crippen MR) is 89.3 cm³/mol. The van der Waals surface area contributed by atoms with Crippen molar-refractivity contribution in [1.29, 1.82) is 0 Å². The standard InChI is InChI=1S/C20H30FN/c1-2-3-15-4-6-16(7-5-15)17-8-10-18(11-9-17)19-12-13-20(21)22-14-19/h12-18H,2-11H2,1H3/t15-,16-,17-,18-. The van der Waals surface area contributed by atoms with E-state index in [1.54, 1.807) is 6.20 Å². The van der Waals surface area contributed by atoms with E-state index in [0.29, 0.717) is 5.92 Å². The fraction of sp³-hybridized carbons (Fsp3) is 0.750. The maximum Gasteiger partial charge on any atom is 0.212 e. The average Bonchev–Trinajstić information content (AvgIpc) is 2.57. The van der Waals surface area contributed by atoms with Crippen LogP contribution in [0.4, 0.5) is 4.39 Å². The molecule has 2 aliphatic rings. The van der Waals surface area contributed by atoms with Crippen LogP contribution in [0.25, 0.3) is 0 Å². The number of halogens is 1. The van der Waals surface area contributed by atoms with Crippen LogP contribution < -0.4 is 0 Å². The zero-order valence-electron chi connectivity index (χ0n) is 13.9. The van der Waals surface area contributed by atoms with Gasteiger partial charge in [-0.1, -0.05) is 38.7 Å². The maximum absolute atomic E-state index is 12.9. The summed E-state index contributed by atoms with van der Waals surface area (Å²) in [6.07, 6.45) is 15.7. The van der Waals surface area contributed by atoms with Crippen LogP contribution in [0.2, 0.25) is 0 Å². The van der Waals surface area contributed by atoms with Gasteiger partial charge in [0, 0.05) is 6.20 Å². The molecular formula is C20H30FN. The Balaban J connectivity index is 1.47. The van der Waals surface area contributed by atoms with Crippen LogP contribution in [0.3, 0.4) is 0 Å². The highest BCUT2D eigenvalue weighted by atomic mass is 19.1. The summed E-state index contributed by atoms with van der Waals surface area (Å²) >= 11 is 0. The molecule has 0 saturated heterocycles. The highest BCUT2D eigenvalue weighted by Crippen LogP contribution is 2.44. The Labute approximate surface area is 134 Å². The smallest absolute Gasteiger partial charge is 0.212 e. The molecule has 0 atom stereocenters. The van der Waals surface area contributed by atoms with Gasteiger partial charge >= 0.3 is 0 Å². The molecule has 0 spiro atoms. The van der Waals surface area contributed by atoms with Crippen molar-refractivity contribution < 1.29 is 4.39 Å². The highest BCUT2D eigenvalue weighted by Gasteiger charge is 2.31. The zero-order chi connectivity index (χ0) is 15.4. The van der Waals surface area contributed by atoms with Gasteiger partial charge in [0.1, 0.15) is 0 Å². The first kappa shape index (κ1) is 16.0. The lowest BCUT2D eigenvalue weighted by atomic mass is 9.68. The van der Waals surface area contributed by atoms with E-state index in [0.717, 1.165) is 17.8 Å². The molecule has 0 N–H and O–H groups in total. The first-order valence-corrected chi connectivity index (χ1v) is 9.37. The van der Waals surface area contributed by atoms with Gasteiger partial charge in [0.25, 0.3) is 0 Å². The molecule has 1 heterocycles. The third-order valence-electron chi connectivity index (χ3n) is 6.25. The van der Waals surface area contributed by atoms with E-state index in [1.807, 2.05) is 6.07 Å². The lowest BCUT2D eigenvalue weighted by molar-refractivity contribution is 0.156. The van der Waals surface area contributed by atoms with Crippen molar-refractivity contribution in [2.75, 3.05) is 0 Å². The average molecular weight is 303 g/mol. The van der Waals surface area contributed by atoms with Crippen molar-refractivity contribution in [3.8, 4) is 0 Å². The Bertz CT molecular complexity index is 439.